The summed E-state index contributed by atoms with van der Waals surface area (Å²) in [6.07, 6.45) is 2.67. The Morgan fingerprint density at radius 2 is 2.00 bits per heavy atom. The first-order chi connectivity index (χ1) is 11.9. The van der Waals surface area contributed by atoms with Crippen LogP contribution in [-0.2, 0) is 6.42 Å². The molecule has 0 fully saturated rings. The highest BCUT2D eigenvalue weighted by Gasteiger charge is 2.24. The van der Waals surface area contributed by atoms with Gasteiger partial charge in [0.05, 0.1) is 18.0 Å². The molecule has 2 aromatic carbocycles. The summed E-state index contributed by atoms with van der Waals surface area (Å²) in [5.41, 5.74) is 5.45. The summed E-state index contributed by atoms with van der Waals surface area (Å²) in [7, 11) is 1.69. The molecule has 4 aromatic rings. The van der Waals surface area contributed by atoms with Crippen molar-refractivity contribution in [1.29, 1.82) is 0 Å². The average Bonchev–Trinajstić information content (AvgIpc) is 3.22. The van der Waals surface area contributed by atoms with Crippen LogP contribution in [0.1, 0.15) is 5.56 Å². The van der Waals surface area contributed by atoms with Gasteiger partial charge in [0, 0.05) is 12.2 Å². The van der Waals surface area contributed by atoms with Crippen LogP contribution in [0, 0.1) is 0 Å². The van der Waals surface area contributed by atoms with Crippen molar-refractivity contribution in [3.05, 3.63) is 54.4 Å². The summed E-state index contributed by atoms with van der Waals surface area (Å²) in [4.78, 5) is 14.8. The number of para-hydroxylation sites is 1. The van der Waals surface area contributed by atoms with Gasteiger partial charge in [-0.2, -0.15) is 0 Å². The van der Waals surface area contributed by atoms with E-state index in [0.717, 1.165) is 46.5 Å². The Bertz CT molecular complexity index is 1070. The Labute approximate surface area is 138 Å². The van der Waals surface area contributed by atoms with Gasteiger partial charge in [0.2, 0.25) is 0 Å². The molecule has 5 rings (SSSR count). The molecule has 118 valence electrons. The van der Waals surface area contributed by atoms with Crippen LogP contribution >= 0.6 is 0 Å². The predicted molar refractivity (Wildman–Crippen MR) is 95.1 cm³/mol. The molecule has 1 N–H and O–H groups in total. The lowest BCUT2D eigenvalue weighted by molar-refractivity contribution is 0.420. The lowest BCUT2D eigenvalue weighted by atomic mass is 10.2. The van der Waals surface area contributed by atoms with E-state index in [1.54, 1.807) is 13.4 Å². The zero-order chi connectivity index (χ0) is 16.1. The van der Waals surface area contributed by atoms with Crippen molar-refractivity contribution in [1.82, 2.24) is 15.0 Å². The third-order valence-electron chi connectivity index (χ3n) is 4.71. The Kier molecular flexibility index (Phi) is 2.76. The molecule has 5 heteroatoms. The second-order valence-electron chi connectivity index (χ2n) is 5.96. The summed E-state index contributed by atoms with van der Waals surface area (Å²) in [6.45, 7) is 0.929. The van der Waals surface area contributed by atoms with Crippen LogP contribution in [0.3, 0.4) is 0 Å². The first-order valence-corrected chi connectivity index (χ1v) is 8.01. The number of H-pyrrole nitrogens is 1. The van der Waals surface area contributed by atoms with Gasteiger partial charge in [-0.3, -0.25) is 0 Å². The van der Waals surface area contributed by atoms with Gasteiger partial charge in [0.25, 0.3) is 0 Å². The largest absolute Gasteiger partial charge is 0.496 e. The second kappa shape index (κ2) is 4.96. The summed E-state index contributed by atoms with van der Waals surface area (Å²) in [5, 5.41) is 1.01. The van der Waals surface area contributed by atoms with Gasteiger partial charge in [-0.15, -0.1) is 0 Å². The molecule has 1 aliphatic heterocycles. The van der Waals surface area contributed by atoms with Gasteiger partial charge >= 0.3 is 0 Å². The first-order valence-electron chi connectivity index (χ1n) is 8.01. The Morgan fingerprint density at radius 1 is 1.08 bits per heavy atom. The molecule has 0 atom stereocenters. The number of rotatable bonds is 2. The lowest BCUT2D eigenvalue weighted by Crippen LogP contribution is -2.15. The number of nitrogens with one attached hydrogen (secondary N) is 1. The fraction of sp³-hybridized carbons (Fsp3) is 0.158. The van der Waals surface area contributed by atoms with Gasteiger partial charge in [0.1, 0.15) is 23.1 Å². The van der Waals surface area contributed by atoms with Crippen molar-refractivity contribution in [2.75, 3.05) is 18.6 Å². The van der Waals surface area contributed by atoms with E-state index in [4.69, 9.17) is 4.74 Å². The van der Waals surface area contributed by atoms with Crippen LogP contribution in [0.15, 0.2) is 48.8 Å². The number of methoxy groups -OCH3 is 1. The number of anilines is 2. The fourth-order valence-electron chi connectivity index (χ4n) is 3.63. The van der Waals surface area contributed by atoms with E-state index in [0.29, 0.717) is 0 Å². The molecule has 0 saturated carbocycles. The van der Waals surface area contributed by atoms with E-state index < -0.39 is 0 Å². The number of aromatic amines is 1. The van der Waals surface area contributed by atoms with Gasteiger partial charge < -0.3 is 14.6 Å². The van der Waals surface area contributed by atoms with Gasteiger partial charge in [-0.1, -0.05) is 24.3 Å². The maximum atomic E-state index is 5.52. The Morgan fingerprint density at radius 3 is 2.92 bits per heavy atom. The van der Waals surface area contributed by atoms with E-state index in [2.05, 4.69) is 44.1 Å². The van der Waals surface area contributed by atoms with Crippen molar-refractivity contribution in [3.8, 4) is 5.75 Å². The van der Waals surface area contributed by atoms with Crippen LogP contribution < -0.4 is 9.64 Å². The van der Waals surface area contributed by atoms with E-state index in [-0.39, 0.29) is 0 Å². The zero-order valence-corrected chi connectivity index (χ0v) is 13.3. The lowest BCUT2D eigenvalue weighted by Gasteiger charge is -2.18. The smallest absolute Gasteiger partial charge is 0.160 e. The molecule has 3 heterocycles. The van der Waals surface area contributed by atoms with E-state index in [9.17, 15) is 0 Å². The molecule has 5 nitrogen and oxygen atoms in total. The summed E-state index contributed by atoms with van der Waals surface area (Å²) < 4.78 is 5.52. The SMILES string of the molecule is COc1cccc2[nH]c3c(N4CCc5ccccc54)ncnc3c12. The van der Waals surface area contributed by atoms with Crippen molar-refractivity contribution in [2.45, 2.75) is 6.42 Å². The number of benzene rings is 2. The third-order valence-corrected chi connectivity index (χ3v) is 4.71. The minimum atomic E-state index is 0.824. The zero-order valence-electron chi connectivity index (χ0n) is 13.3. The normalized spacial score (nSPS) is 13.6. The Hall–Kier alpha value is -3.08. The molecule has 1 aliphatic rings. The fourth-order valence-corrected chi connectivity index (χ4v) is 3.63. The molecule has 0 unspecified atom stereocenters. The average molecular weight is 316 g/mol. The Balaban J connectivity index is 1.79. The summed E-state index contributed by atoms with van der Waals surface area (Å²) >= 11 is 0. The minimum absolute atomic E-state index is 0.824. The minimum Gasteiger partial charge on any atom is -0.496 e. The van der Waals surface area contributed by atoms with Crippen molar-refractivity contribution >= 4 is 33.4 Å². The van der Waals surface area contributed by atoms with E-state index in [1.165, 1.54) is 11.3 Å². The monoisotopic (exact) mass is 316 g/mol. The molecule has 0 saturated heterocycles. The van der Waals surface area contributed by atoms with Gasteiger partial charge in [-0.05, 0) is 30.2 Å². The van der Waals surface area contributed by atoms with Gasteiger partial charge in [0.15, 0.2) is 5.82 Å². The molecular formula is C19H16N4O. The van der Waals surface area contributed by atoms with Crippen LogP contribution in [-0.4, -0.2) is 28.6 Å². The molecular weight excluding hydrogens is 300 g/mol. The highest BCUT2D eigenvalue weighted by molar-refractivity contribution is 6.11. The highest BCUT2D eigenvalue weighted by Crippen LogP contribution is 2.39. The summed E-state index contributed by atoms with van der Waals surface area (Å²) in [6, 6.07) is 14.5. The first kappa shape index (κ1) is 13.4. The number of hydrogen-bond acceptors (Lipinski definition) is 4. The van der Waals surface area contributed by atoms with E-state index in [1.807, 2.05) is 18.2 Å². The van der Waals surface area contributed by atoms with Crippen molar-refractivity contribution in [3.63, 3.8) is 0 Å². The standard InChI is InChI=1S/C19H16N4O/c1-24-15-8-4-6-13-16(15)17-18(22-13)19(21-11-20-17)23-10-9-12-5-2-3-7-14(12)23/h2-8,11,22H,9-10H2,1H3. The quantitative estimate of drug-likeness (QED) is 0.611. The number of aromatic nitrogens is 3. The molecule has 0 bridgehead atoms. The van der Waals surface area contributed by atoms with Crippen molar-refractivity contribution in [2.24, 2.45) is 0 Å². The third kappa shape index (κ3) is 1.75. The van der Waals surface area contributed by atoms with Crippen LogP contribution in [0.4, 0.5) is 11.5 Å². The molecule has 0 spiro atoms. The molecule has 2 aromatic heterocycles. The van der Waals surface area contributed by atoms with Crippen LogP contribution in [0.5, 0.6) is 5.75 Å². The topological polar surface area (TPSA) is 54.0 Å². The highest BCUT2D eigenvalue weighted by atomic mass is 16.5. The summed E-state index contributed by atoms with van der Waals surface area (Å²) in [5.74, 6) is 1.74. The van der Waals surface area contributed by atoms with E-state index >= 15 is 0 Å². The molecule has 0 amide bonds. The molecule has 24 heavy (non-hydrogen) atoms. The maximum absolute atomic E-state index is 5.52. The molecule has 0 aliphatic carbocycles. The number of nitrogens with zero attached hydrogens (tertiary/aromatic N) is 3. The number of fused-ring (bicyclic) bond motifs is 4. The number of hydrogen-bond donors (Lipinski definition) is 1. The van der Waals surface area contributed by atoms with Crippen molar-refractivity contribution < 1.29 is 4.74 Å². The van der Waals surface area contributed by atoms with Gasteiger partial charge in [-0.25, -0.2) is 9.97 Å². The van der Waals surface area contributed by atoms with Crippen LogP contribution in [0.2, 0.25) is 0 Å². The predicted octanol–water partition coefficient (Wildman–Crippen LogP) is 3.81. The van der Waals surface area contributed by atoms with Crippen LogP contribution in [0.25, 0.3) is 21.9 Å². The maximum Gasteiger partial charge on any atom is 0.160 e. The number of ether oxygens (including phenoxy) is 1. The second-order valence-corrected chi connectivity index (χ2v) is 5.96. The molecule has 0 radical (unpaired) electrons.